The smallest absolute Gasteiger partial charge is 0.121 e. The number of hydrogen-bond donors (Lipinski definition) is 2. The predicted octanol–water partition coefficient (Wildman–Crippen LogP) is 2.42. The Morgan fingerprint density at radius 2 is 1.77 bits per heavy atom. The van der Waals surface area contributed by atoms with Crippen LogP contribution in [0.25, 0.3) is 0 Å². The highest BCUT2D eigenvalue weighted by molar-refractivity contribution is 5.42. The third kappa shape index (κ3) is 2.01. The van der Waals surface area contributed by atoms with E-state index in [0.717, 1.165) is 23.1 Å². The minimum absolute atomic E-state index is 0.0815. The van der Waals surface area contributed by atoms with Crippen LogP contribution in [0.3, 0.4) is 0 Å². The molecule has 0 unspecified atom stereocenters. The number of phenolic OH excluding ortho intramolecular Hbond substituents is 1. The Hall–Kier alpha value is -1.02. The van der Waals surface area contributed by atoms with Crippen LogP contribution in [0.4, 0.5) is 0 Å². The molecular weight excluding hydrogens is 162 g/mol. The summed E-state index contributed by atoms with van der Waals surface area (Å²) in [4.78, 5) is 0. The Bertz CT molecular complexity index is 284. The van der Waals surface area contributed by atoms with E-state index in [9.17, 15) is 5.11 Å². The highest BCUT2D eigenvalue weighted by Gasteiger charge is 2.07. The van der Waals surface area contributed by atoms with Crippen LogP contribution >= 0.6 is 0 Å². The van der Waals surface area contributed by atoms with Gasteiger partial charge in [0.05, 0.1) is 0 Å². The highest BCUT2D eigenvalue weighted by atomic mass is 16.3. The molecule has 1 rings (SSSR count). The fraction of sp³-hybridized carbons (Fsp3) is 0.455. The van der Waals surface area contributed by atoms with Gasteiger partial charge in [0.25, 0.3) is 0 Å². The number of aromatic hydroxyl groups is 1. The standard InChI is InChI=1S/C11H17NO/c1-4-10(12)9-5-7(2)11(13)8(3)6-9/h5-6,10,13H,4,12H2,1-3H3/t10-/m1/s1. The minimum Gasteiger partial charge on any atom is -0.507 e. The summed E-state index contributed by atoms with van der Waals surface area (Å²) >= 11 is 0. The lowest BCUT2D eigenvalue weighted by molar-refractivity contribution is 0.466. The van der Waals surface area contributed by atoms with Crippen molar-refractivity contribution < 1.29 is 5.11 Å². The van der Waals surface area contributed by atoms with Gasteiger partial charge in [-0.3, -0.25) is 0 Å². The van der Waals surface area contributed by atoms with E-state index in [0.29, 0.717) is 5.75 Å². The molecule has 1 aromatic carbocycles. The largest absolute Gasteiger partial charge is 0.507 e. The van der Waals surface area contributed by atoms with Gasteiger partial charge in [0, 0.05) is 6.04 Å². The average molecular weight is 179 g/mol. The molecule has 0 fully saturated rings. The lowest BCUT2D eigenvalue weighted by Crippen LogP contribution is -2.09. The highest BCUT2D eigenvalue weighted by Crippen LogP contribution is 2.26. The second-order valence-electron chi connectivity index (χ2n) is 3.52. The lowest BCUT2D eigenvalue weighted by atomic mass is 9.99. The van der Waals surface area contributed by atoms with Gasteiger partial charge in [0.2, 0.25) is 0 Å². The van der Waals surface area contributed by atoms with Crippen molar-refractivity contribution in [1.82, 2.24) is 0 Å². The van der Waals surface area contributed by atoms with E-state index < -0.39 is 0 Å². The summed E-state index contributed by atoms with van der Waals surface area (Å²) < 4.78 is 0. The molecule has 0 spiro atoms. The maximum atomic E-state index is 9.54. The SMILES string of the molecule is CC[C@@H](N)c1cc(C)c(O)c(C)c1. The van der Waals surface area contributed by atoms with Gasteiger partial charge in [-0.1, -0.05) is 19.1 Å². The van der Waals surface area contributed by atoms with Crippen molar-refractivity contribution in [1.29, 1.82) is 0 Å². The first-order chi connectivity index (χ1) is 6.06. The van der Waals surface area contributed by atoms with Crippen LogP contribution in [-0.2, 0) is 0 Å². The fourth-order valence-corrected chi connectivity index (χ4v) is 1.44. The zero-order chi connectivity index (χ0) is 10.0. The molecule has 0 bridgehead atoms. The van der Waals surface area contributed by atoms with Crippen molar-refractivity contribution in [3.05, 3.63) is 28.8 Å². The van der Waals surface area contributed by atoms with Crippen molar-refractivity contribution in [3.8, 4) is 5.75 Å². The van der Waals surface area contributed by atoms with E-state index in [-0.39, 0.29) is 6.04 Å². The van der Waals surface area contributed by atoms with Crippen LogP contribution in [0.15, 0.2) is 12.1 Å². The summed E-state index contributed by atoms with van der Waals surface area (Å²) in [7, 11) is 0. The second kappa shape index (κ2) is 3.79. The number of rotatable bonds is 2. The molecule has 0 aliphatic carbocycles. The number of aryl methyl sites for hydroxylation is 2. The monoisotopic (exact) mass is 179 g/mol. The van der Waals surface area contributed by atoms with Gasteiger partial charge < -0.3 is 10.8 Å². The number of benzene rings is 1. The van der Waals surface area contributed by atoms with Crippen molar-refractivity contribution in [3.63, 3.8) is 0 Å². The summed E-state index contributed by atoms with van der Waals surface area (Å²) in [5, 5.41) is 9.54. The summed E-state index contributed by atoms with van der Waals surface area (Å²) in [5.74, 6) is 0.382. The van der Waals surface area contributed by atoms with Crippen molar-refractivity contribution in [2.45, 2.75) is 33.2 Å². The number of phenols is 1. The van der Waals surface area contributed by atoms with Crippen LogP contribution in [0.5, 0.6) is 5.75 Å². The molecule has 72 valence electrons. The Morgan fingerprint density at radius 1 is 1.31 bits per heavy atom. The topological polar surface area (TPSA) is 46.2 Å². The molecule has 2 nitrogen and oxygen atoms in total. The number of nitrogens with two attached hydrogens (primary N) is 1. The Labute approximate surface area is 79.4 Å². The van der Waals surface area contributed by atoms with E-state index in [1.807, 2.05) is 26.0 Å². The molecule has 0 saturated carbocycles. The van der Waals surface area contributed by atoms with Crippen molar-refractivity contribution >= 4 is 0 Å². The Balaban J connectivity index is 3.13. The molecule has 0 saturated heterocycles. The zero-order valence-corrected chi connectivity index (χ0v) is 8.46. The van der Waals surface area contributed by atoms with Crippen molar-refractivity contribution in [2.75, 3.05) is 0 Å². The van der Waals surface area contributed by atoms with Gasteiger partial charge in [-0.25, -0.2) is 0 Å². The van der Waals surface area contributed by atoms with Gasteiger partial charge in [0.1, 0.15) is 5.75 Å². The maximum Gasteiger partial charge on any atom is 0.121 e. The molecule has 3 N–H and O–H groups in total. The second-order valence-corrected chi connectivity index (χ2v) is 3.52. The van der Waals surface area contributed by atoms with E-state index in [2.05, 4.69) is 6.92 Å². The lowest BCUT2D eigenvalue weighted by Gasteiger charge is -2.12. The summed E-state index contributed by atoms with van der Waals surface area (Å²) in [6.07, 6.45) is 0.920. The zero-order valence-electron chi connectivity index (χ0n) is 8.46. The maximum absolute atomic E-state index is 9.54. The molecule has 0 amide bonds. The molecule has 0 aromatic heterocycles. The van der Waals surface area contributed by atoms with Crippen LogP contribution in [0.1, 0.15) is 36.1 Å². The van der Waals surface area contributed by atoms with Crippen LogP contribution < -0.4 is 5.73 Å². The van der Waals surface area contributed by atoms with Gasteiger partial charge in [0.15, 0.2) is 0 Å². The quantitative estimate of drug-likeness (QED) is 0.732. The van der Waals surface area contributed by atoms with Crippen LogP contribution in [0.2, 0.25) is 0 Å². The summed E-state index contributed by atoms with van der Waals surface area (Å²) in [6.45, 7) is 5.85. The summed E-state index contributed by atoms with van der Waals surface area (Å²) in [6, 6.07) is 3.99. The van der Waals surface area contributed by atoms with E-state index in [1.165, 1.54) is 0 Å². The third-order valence-corrected chi connectivity index (χ3v) is 2.38. The predicted molar refractivity (Wildman–Crippen MR) is 54.8 cm³/mol. The molecule has 0 heterocycles. The van der Waals surface area contributed by atoms with E-state index in [4.69, 9.17) is 5.73 Å². The first kappa shape index (κ1) is 10.1. The third-order valence-electron chi connectivity index (χ3n) is 2.38. The Kier molecular flexibility index (Phi) is 2.94. The van der Waals surface area contributed by atoms with Crippen LogP contribution in [0, 0.1) is 13.8 Å². The van der Waals surface area contributed by atoms with Gasteiger partial charge >= 0.3 is 0 Å². The summed E-state index contributed by atoms with van der Waals surface area (Å²) in [5.41, 5.74) is 8.81. The van der Waals surface area contributed by atoms with Crippen LogP contribution in [-0.4, -0.2) is 5.11 Å². The Morgan fingerprint density at radius 3 is 2.15 bits per heavy atom. The molecule has 2 heteroatoms. The molecule has 13 heavy (non-hydrogen) atoms. The first-order valence-corrected chi connectivity index (χ1v) is 4.62. The van der Waals surface area contributed by atoms with E-state index >= 15 is 0 Å². The average Bonchev–Trinajstić information content (AvgIpc) is 2.12. The molecule has 0 aliphatic heterocycles. The van der Waals surface area contributed by atoms with Crippen molar-refractivity contribution in [2.24, 2.45) is 5.73 Å². The molecular formula is C11H17NO. The molecule has 1 aromatic rings. The minimum atomic E-state index is 0.0815. The van der Waals surface area contributed by atoms with Gasteiger partial charge in [-0.15, -0.1) is 0 Å². The normalized spacial score (nSPS) is 12.9. The molecule has 0 aliphatic rings. The first-order valence-electron chi connectivity index (χ1n) is 4.62. The fourth-order valence-electron chi connectivity index (χ4n) is 1.44. The number of hydrogen-bond acceptors (Lipinski definition) is 2. The molecule has 0 radical (unpaired) electrons. The molecule has 1 atom stereocenters. The van der Waals surface area contributed by atoms with E-state index in [1.54, 1.807) is 0 Å². The van der Waals surface area contributed by atoms with Gasteiger partial charge in [-0.2, -0.15) is 0 Å². The van der Waals surface area contributed by atoms with Gasteiger partial charge in [-0.05, 0) is 37.0 Å².